The van der Waals surface area contributed by atoms with Crippen LogP contribution in [0.15, 0.2) is 42.5 Å². The first-order valence-corrected chi connectivity index (χ1v) is 7.45. The molecular weight excluding hydrogens is 282 g/mol. The van der Waals surface area contributed by atoms with Crippen LogP contribution in [0.1, 0.15) is 35.7 Å². The van der Waals surface area contributed by atoms with Gasteiger partial charge in [0.15, 0.2) is 0 Å². The molecule has 0 saturated carbocycles. The van der Waals surface area contributed by atoms with Gasteiger partial charge >= 0.3 is 0 Å². The van der Waals surface area contributed by atoms with Crippen LogP contribution < -0.4 is 0 Å². The van der Waals surface area contributed by atoms with E-state index in [0.29, 0.717) is 10.9 Å². The Labute approximate surface area is 128 Å². The van der Waals surface area contributed by atoms with Gasteiger partial charge in [0.1, 0.15) is 0 Å². The van der Waals surface area contributed by atoms with Crippen LogP contribution in [-0.4, -0.2) is 10.5 Å². The topological polar surface area (TPSA) is 22.0 Å². The van der Waals surface area contributed by atoms with Crippen molar-refractivity contribution in [2.45, 2.75) is 19.8 Å². The summed E-state index contributed by atoms with van der Waals surface area (Å²) in [6.07, 6.45) is 0. The Morgan fingerprint density at radius 1 is 1.05 bits per heavy atom. The van der Waals surface area contributed by atoms with Gasteiger partial charge in [-0.15, -0.1) is 0 Å². The highest BCUT2D eigenvalue weighted by Gasteiger charge is 2.32. The first-order chi connectivity index (χ1) is 10.1. The summed E-state index contributed by atoms with van der Waals surface area (Å²) < 4.78 is 1.84. The molecule has 3 heteroatoms. The molecule has 1 aliphatic heterocycles. The van der Waals surface area contributed by atoms with Crippen molar-refractivity contribution in [3.8, 4) is 11.3 Å². The molecular formula is C18H14ClNO. The molecule has 4 rings (SSSR count). The minimum atomic E-state index is 0.0554. The van der Waals surface area contributed by atoms with Crippen LogP contribution in [0.4, 0.5) is 0 Å². The number of carbonyl (C=O) groups excluding carboxylic acids is 1. The maximum absolute atomic E-state index is 12.8. The lowest BCUT2D eigenvalue weighted by atomic mass is 9.95. The molecule has 0 amide bonds. The fourth-order valence-corrected chi connectivity index (χ4v) is 3.52. The van der Waals surface area contributed by atoms with Crippen molar-refractivity contribution in [3.05, 3.63) is 58.6 Å². The van der Waals surface area contributed by atoms with Gasteiger partial charge < -0.3 is 0 Å². The molecule has 2 aromatic carbocycles. The number of benzene rings is 2. The number of hydrogen-bond acceptors (Lipinski definition) is 1. The molecule has 1 aliphatic rings. The predicted octanol–water partition coefficient (Wildman–Crippen LogP) is 5.09. The molecule has 0 unspecified atom stereocenters. The fourth-order valence-electron chi connectivity index (χ4n) is 3.34. The Kier molecular flexibility index (Phi) is 2.54. The Morgan fingerprint density at radius 2 is 1.76 bits per heavy atom. The largest absolute Gasteiger partial charge is 0.275 e. The van der Waals surface area contributed by atoms with Crippen LogP contribution in [0.5, 0.6) is 0 Å². The summed E-state index contributed by atoms with van der Waals surface area (Å²) in [6.45, 7) is 4.31. The normalized spacial score (nSPS) is 13.0. The number of hydrogen-bond donors (Lipinski definition) is 0. The summed E-state index contributed by atoms with van der Waals surface area (Å²) in [6, 6.07) is 13.6. The zero-order valence-electron chi connectivity index (χ0n) is 11.9. The molecule has 0 bridgehead atoms. The second-order valence-electron chi connectivity index (χ2n) is 5.76. The molecule has 0 aliphatic carbocycles. The number of halogens is 1. The van der Waals surface area contributed by atoms with E-state index in [-0.39, 0.29) is 5.91 Å². The summed E-state index contributed by atoms with van der Waals surface area (Å²) in [5, 5.41) is 1.78. The van der Waals surface area contributed by atoms with Crippen molar-refractivity contribution >= 4 is 28.4 Å². The SMILES string of the molecule is CC(C)c1c2n(c3ccc(Cl)cc13)C(=O)c1ccccc1-2. The van der Waals surface area contributed by atoms with Gasteiger partial charge in [-0.1, -0.05) is 43.6 Å². The average Bonchev–Trinajstić information content (AvgIpc) is 2.93. The summed E-state index contributed by atoms with van der Waals surface area (Å²) in [5.74, 6) is 0.376. The van der Waals surface area contributed by atoms with E-state index in [1.165, 1.54) is 5.56 Å². The highest BCUT2D eigenvalue weighted by Crippen LogP contribution is 2.44. The average molecular weight is 296 g/mol. The molecule has 0 radical (unpaired) electrons. The standard InChI is InChI=1S/C18H14ClNO/c1-10(2)16-14-9-11(19)7-8-15(14)20-17(16)12-5-3-4-6-13(12)18(20)21/h3-10H,1-2H3. The Hall–Kier alpha value is -2.06. The highest BCUT2D eigenvalue weighted by molar-refractivity contribution is 6.31. The van der Waals surface area contributed by atoms with Crippen molar-refractivity contribution in [1.82, 2.24) is 4.57 Å². The number of fused-ring (bicyclic) bond motifs is 5. The van der Waals surface area contributed by atoms with Crippen LogP contribution in [0, 0.1) is 0 Å². The van der Waals surface area contributed by atoms with E-state index < -0.39 is 0 Å². The van der Waals surface area contributed by atoms with Gasteiger partial charge in [-0.05, 0) is 35.7 Å². The van der Waals surface area contributed by atoms with Gasteiger partial charge in [0, 0.05) is 21.5 Å². The molecule has 104 valence electrons. The smallest absolute Gasteiger partial charge is 0.263 e. The number of nitrogens with zero attached hydrogens (tertiary/aromatic N) is 1. The monoisotopic (exact) mass is 295 g/mol. The van der Waals surface area contributed by atoms with Crippen LogP contribution in [0.3, 0.4) is 0 Å². The quantitative estimate of drug-likeness (QED) is 0.479. The van der Waals surface area contributed by atoms with Crippen molar-refractivity contribution in [2.75, 3.05) is 0 Å². The lowest BCUT2D eigenvalue weighted by Gasteiger charge is -2.07. The minimum absolute atomic E-state index is 0.0554. The molecule has 1 aromatic heterocycles. The molecule has 0 fully saturated rings. The summed E-state index contributed by atoms with van der Waals surface area (Å²) in [7, 11) is 0. The lowest BCUT2D eigenvalue weighted by molar-refractivity contribution is 0.0973. The van der Waals surface area contributed by atoms with E-state index in [4.69, 9.17) is 11.6 Å². The first-order valence-electron chi connectivity index (χ1n) is 7.07. The molecule has 3 aromatic rings. The van der Waals surface area contributed by atoms with Gasteiger partial charge in [0.25, 0.3) is 5.91 Å². The van der Waals surface area contributed by atoms with Crippen molar-refractivity contribution in [3.63, 3.8) is 0 Å². The molecule has 2 nitrogen and oxygen atoms in total. The van der Waals surface area contributed by atoms with Crippen LogP contribution in [0.2, 0.25) is 5.02 Å². The third-order valence-corrected chi connectivity index (χ3v) is 4.40. The van der Waals surface area contributed by atoms with Crippen molar-refractivity contribution < 1.29 is 4.79 Å². The third kappa shape index (κ3) is 1.57. The Morgan fingerprint density at radius 3 is 2.48 bits per heavy atom. The fraction of sp³-hybridized carbons (Fsp3) is 0.167. The number of carbonyl (C=O) groups is 1. The molecule has 0 saturated heterocycles. The second-order valence-corrected chi connectivity index (χ2v) is 6.20. The van der Waals surface area contributed by atoms with Crippen LogP contribution in [0.25, 0.3) is 22.2 Å². The highest BCUT2D eigenvalue weighted by atomic mass is 35.5. The van der Waals surface area contributed by atoms with Gasteiger partial charge in [-0.2, -0.15) is 0 Å². The first kappa shape index (κ1) is 12.7. The zero-order chi connectivity index (χ0) is 14.7. The summed E-state index contributed by atoms with van der Waals surface area (Å²) in [5.41, 5.74) is 4.98. The number of aromatic nitrogens is 1. The van der Waals surface area contributed by atoms with E-state index in [1.54, 1.807) is 0 Å². The second kappa shape index (κ2) is 4.22. The van der Waals surface area contributed by atoms with Crippen LogP contribution >= 0.6 is 11.6 Å². The lowest BCUT2D eigenvalue weighted by Crippen LogP contribution is -2.05. The van der Waals surface area contributed by atoms with Gasteiger partial charge in [0.2, 0.25) is 0 Å². The molecule has 0 spiro atoms. The van der Waals surface area contributed by atoms with Gasteiger partial charge in [-0.25, -0.2) is 0 Å². The Bertz CT molecular complexity index is 905. The maximum Gasteiger partial charge on any atom is 0.263 e. The van der Waals surface area contributed by atoms with E-state index in [0.717, 1.165) is 27.7 Å². The van der Waals surface area contributed by atoms with Crippen LogP contribution in [-0.2, 0) is 0 Å². The van der Waals surface area contributed by atoms with Crippen molar-refractivity contribution in [2.24, 2.45) is 0 Å². The van der Waals surface area contributed by atoms with E-state index in [9.17, 15) is 4.79 Å². The summed E-state index contributed by atoms with van der Waals surface area (Å²) >= 11 is 6.16. The third-order valence-electron chi connectivity index (χ3n) is 4.16. The van der Waals surface area contributed by atoms with Gasteiger partial charge in [0.05, 0.1) is 11.2 Å². The van der Waals surface area contributed by atoms with E-state index in [2.05, 4.69) is 13.8 Å². The number of rotatable bonds is 1. The summed E-state index contributed by atoms with van der Waals surface area (Å²) in [4.78, 5) is 12.8. The Balaban J connectivity index is 2.22. The molecule has 0 N–H and O–H groups in total. The zero-order valence-corrected chi connectivity index (χ0v) is 12.6. The molecule has 2 heterocycles. The molecule has 0 atom stereocenters. The predicted molar refractivity (Wildman–Crippen MR) is 86.2 cm³/mol. The minimum Gasteiger partial charge on any atom is -0.275 e. The molecule has 21 heavy (non-hydrogen) atoms. The van der Waals surface area contributed by atoms with Crippen molar-refractivity contribution in [1.29, 1.82) is 0 Å². The maximum atomic E-state index is 12.8. The van der Waals surface area contributed by atoms with E-state index in [1.807, 2.05) is 47.0 Å². The van der Waals surface area contributed by atoms with Gasteiger partial charge in [-0.3, -0.25) is 9.36 Å². The van der Waals surface area contributed by atoms with E-state index >= 15 is 0 Å².